The second kappa shape index (κ2) is 8.29. The van der Waals surface area contributed by atoms with Crippen LogP contribution in [0.4, 0.5) is 0 Å². The number of piperidine rings is 1. The highest BCUT2D eigenvalue weighted by Gasteiger charge is 2.43. The fourth-order valence-corrected chi connectivity index (χ4v) is 4.51. The summed E-state index contributed by atoms with van der Waals surface area (Å²) in [5.74, 6) is 0.878. The van der Waals surface area contributed by atoms with E-state index < -0.39 is 5.60 Å². The SMILES string of the molecule is Cc1cc2c(cc1Cl)C(=O)CC1(CCN(C(=O)COc3ccc(Cl)cc3Cl)CC1)O2. The number of hydrogen-bond donors (Lipinski definition) is 0. The van der Waals surface area contributed by atoms with E-state index in [0.717, 1.165) is 5.56 Å². The average Bonchev–Trinajstić information content (AvgIpc) is 2.69. The molecule has 2 heterocycles. The summed E-state index contributed by atoms with van der Waals surface area (Å²) in [6, 6.07) is 8.35. The summed E-state index contributed by atoms with van der Waals surface area (Å²) in [4.78, 5) is 27.0. The molecule has 2 aliphatic heterocycles. The second-order valence-electron chi connectivity index (χ2n) is 7.73. The fraction of sp³-hybridized carbons (Fsp3) is 0.364. The van der Waals surface area contributed by atoms with Gasteiger partial charge in [0.1, 0.15) is 17.1 Å². The van der Waals surface area contributed by atoms with Crippen LogP contribution in [0, 0.1) is 6.92 Å². The fourth-order valence-electron chi connectivity index (χ4n) is 3.88. The third-order valence-corrected chi connectivity index (χ3v) is 6.58. The lowest BCUT2D eigenvalue weighted by molar-refractivity contribution is -0.136. The molecular formula is C22H20Cl3NO4. The van der Waals surface area contributed by atoms with E-state index in [4.69, 9.17) is 44.3 Å². The van der Waals surface area contributed by atoms with E-state index in [2.05, 4.69) is 0 Å². The van der Waals surface area contributed by atoms with E-state index in [1.807, 2.05) is 13.0 Å². The largest absolute Gasteiger partial charge is 0.486 e. The highest BCUT2D eigenvalue weighted by atomic mass is 35.5. The highest BCUT2D eigenvalue weighted by molar-refractivity contribution is 6.35. The summed E-state index contributed by atoms with van der Waals surface area (Å²) in [6.07, 6.45) is 1.44. The van der Waals surface area contributed by atoms with Crippen molar-refractivity contribution in [3.05, 3.63) is 56.5 Å². The van der Waals surface area contributed by atoms with Gasteiger partial charge >= 0.3 is 0 Å². The molecule has 0 bridgehead atoms. The van der Waals surface area contributed by atoms with Crippen LogP contribution in [-0.4, -0.2) is 41.9 Å². The third-order valence-electron chi connectivity index (χ3n) is 5.64. The number of aryl methyl sites for hydroxylation is 1. The Hall–Kier alpha value is -1.95. The molecule has 158 valence electrons. The topological polar surface area (TPSA) is 55.8 Å². The number of ketones is 1. The minimum atomic E-state index is -0.582. The van der Waals surface area contributed by atoms with Gasteiger partial charge in [0.2, 0.25) is 0 Å². The zero-order valence-electron chi connectivity index (χ0n) is 16.3. The Kier molecular flexibility index (Phi) is 5.88. The molecule has 4 rings (SSSR count). The van der Waals surface area contributed by atoms with Gasteiger partial charge in [0, 0.05) is 36.0 Å². The van der Waals surface area contributed by atoms with Crippen molar-refractivity contribution in [2.24, 2.45) is 0 Å². The highest BCUT2D eigenvalue weighted by Crippen LogP contribution is 2.41. The lowest BCUT2D eigenvalue weighted by Gasteiger charge is -2.44. The Morgan fingerprint density at radius 1 is 1.13 bits per heavy atom. The van der Waals surface area contributed by atoms with Gasteiger partial charge in [-0.05, 0) is 42.8 Å². The van der Waals surface area contributed by atoms with Gasteiger partial charge in [-0.25, -0.2) is 0 Å². The van der Waals surface area contributed by atoms with Crippen molar-refractivity contribution in [1.29, 1.82) is 0 Å². The Labute approximate surface area is 189 Å². The molecule has 1 saturated heterocycles. The molecule has 0 saturated carbocycles. The van der Waals surface area contributed by atoms with E-state index in [-0.39, 0.29) is 24.7 Å². The number of carbonyl (C=O) groups is 2. The predicted molar refractivity (Wildman–Crippen MR) is 116 cm³/mol. The lowest BCUT2D eigenvalue weighted by Crippen LogP contribution is -2.53. The van der Waals surface area contributed by atoms with Crippen LogP contribution in [-0.2, 0) is 4.79 Å². The van der Waals surface area contributed by atoms with Gasteiger partial charge in [0.05, 0.1) is 17.0 Å². The van der Waals surface area contributed by atoms with Crippen LogP contribution in [0.3, 0.4) is 0 Å². The molecule has 1 fully saturated rings. The van der Waals surface area contributed by atoms with Gasteiger partial charge in [-0.3, -0.25) is 9.59 Å². The first-order chi connectivity index (χ1) is 14.3. The van der Waals surface area contributed by atoms with E-state index in [1.165, 1.54) is 0 Å². The molecule has 0 aromatic heterocycles. The van der Waals surface area contributed by atoms with Crippen LogP contribution in [0.1, 0.15) is 35.2 Å². The van der Waals surface area contributed by atoms with Crippen LogP contribution >= 0.6 is 34.8 Å². The summed E-state index contributed by atoms with van der Waals surface area (Å²) in [5, 5.41) is 1.42. The smallest absolute Gasteiger partial charge is 0.260 e. The van der Waals surface area contributed by atoms with Crippen molar-refractivity contribution >= 4 is 46.5 Å². The number of halogens is 3. The Bertz CT molecular complexity index is 1020. The summed E-state index contributed by atoms with van der Waals surface area (Å²) in [7, 11) is 0. The lowest BCUT2D eigenvalue weighted by atomic mass is 9.82. The van der Waals surface area contributed by atoms with Crippen molar-refractivity contribution < 1.29 is 19.1 Å². The second-order valence-corrected chi connectivity index (χ2v) is 8.98. The molecule has 2 aromatic carbocycles. The Morgan fingerprint density at radius 3 is 2.57 bits per heavy atom. The number of nitrogens with zero attached hydrogens (tertiary/aromatic N) is 1. The van der Waals surface area contributed by atoms with Crippen molar-refractivity contribution in [1.82, 2.24) is 4.90 Å². The molecule has 0 aliphatic carbocycles. The average molecular weight is 469 g/mol. The number of fused-ring (bicyclic) bond motifs is 1. The summed E-state index contributed by atoms with van der Waals surface area (Å²) < 4.78 is 11.8. The van der Waals surface area contributed by atoms with E-state index in [1.54, 1.807) is 29.2 Å². The molecule has 5 nitrogen and oxygen atoms in total. The Balaban J connectivity index is 1.38. The van der Waals surface area contributed by atoms with Crippen molar-refractivity contribution in [3.63, 3.8) is 0 Å². The van der Waals surface area contributed by atoms with Crippen LogP contribution in [0.15, 0.2) is 30.3 Å². The quantitative estimate of drug-likeness (QED) is 0.608. The number of hydrogen-bond acceptors (Lipinski definition) is 4. The van der Waals surface area contributed by atoms with E-state index in [9.17, 15) is 9.59 Å². The number of rotatable bonds is 3. The van der Waals surface area contributed by atoms with E-state index in [0.29, 0.717) is 58.1 Å². The minimum absolute atomic E-state index is 0.0265. The molecule has 0 atom stereocenters. The van der Waals surface area contributed by atoms with Crippen LogP contribution in [0.5, 0.6) is 11.5 Å². The number of Topliss-reactive ketones (excluding diaryl/α,β-unsaturated/α-hetero) is 1. The monoisotopic (exact) mass is 467 g/mol. The van der Waals surface area contributed by atoms with Gasteiger partial charge in [0.15, 0.2) is 12.4 Å². The maximum atomic E-state index is 12.7. The Morgan fingerprint density at radius 2 is 1.87 bits per heavy atom. The number of likely N-dealkylation sites (tertiary alicyclic amines) is 1. The number of amides is 1. The molecule has 1 amide bonds. The minimum Gasteiger partial charge on any atom is -0.486 e. The standard InChI is InChI=1S/C22H20Cl3NO4/c1-13-8-20-15(10-16(13)24)18(27)11-22(30-20)4-6-26(7-5-22)21(28)12-29-19-3-2-14(23)9-17(19)25/h2-3,8-10H,4-7,11-12H2,1H3. The van der Waals surface area contributed by atoms with Crippen molar-refractivity contribution in [2.75, 3.05) is 19.7 Å². The normalized spacial score (nSPS) is 17.5. The predicted octanol–water partition coefficient (Wildman–Crippen LogP) is 5.36. The van der Waals surface area contributed by atoms with Crippen LogP contribution < -0.4 is 9.47 Å². The number of carbonyl (C=O) groups excluding carboxylic acids is 2. The molecular weight excluding hydrogens is 449 g/mol. The maximum absolute atomic E-state index is 12.7. The first-order valence-corrected chi connectivity index (χ1v) is 10.8. The van der Waals surface area contributed by atoms with Gasteiger partial charge < -0.3 is 14.4 Å². The van der Waals surface area contributed by atoms with Crippen molar-refractivity contribution in [3.8, 4) is 11.5 Å². The van der Waals surface area contributed by atoms with Gasteiger partial charge in [-0.15, -0.1) is 0 Å². The maximum Gasteiger partial charge on any atom is 0.260 e. The molecule has 0 N–H and O–H groups in total. The number of ether oxygens (including phenoxy) is 2. The van der Waals surface area contributed by atoms with Gasteiger partial charge in [-0.1, -0.05) is 34.8 Å². The van der Waals surface area contributed by atoms with E-state index >= 15 is 0 Å². The summed E-state index contributed by atoms with van der Waals surface area (Å²) in [6.45, 7) is 2.75. The molecule has 30 heavy (non-hydrogen) atoms. The first kappa shape index (κ1) is 21.3. The summed E-state index contributed by atoms with van der Waals surface area (Å²) >= 11 is 18.1. The van der Waals surface area contributed by atoms with Crippen LogP contribution in [0.2, 0.25) is 15.1 Å². The molecule has 0 radical (unpaired) electrons. The molecule has 1 spiro atoms. The molecule has 2 aromatic rings. The third kappa shape index (κ3) is 4.25. The van der Waals surface area contributed by atoms with Gasteiger partial charge in [-0.2, -0.15) is 0 Å². The number of benzene rings is 2. The summed E-state index contributed by atoms with van der Waals surface area (Å²) in [5.41, 5.74) is 0.815. The van der Waals surface area contributed by atoms with Crippen LogP contribution in [0.25, 0.3) is 0 Å². The molecule has 0 unspecified atom stereocenters. The zero-order chi connectivity index (χ0) is 21.5. The zero-order valence-corrected chi connectivity index (χ0v) is 18.6. The molecule has 8 heteroatoms. The van der Waals surface area contributed by atoms with Gasteiger partial charge in [0.25, 0.3) is 5.91 Å². The molecule has 2 aliphatic rings. The first-order valence-electron chi connectivity index (χ1n) is 9.64. The van der Waals surface area contributed by atoms with Crippen molar-refractivity contribution in [2.45, 2.75) is 31.8 Å².